The fraction of sp³-hybridized carbons (Fsp3) is 0.0909. The Balaban J connectivity index is 2.34. The van der Waals surface area contributed by atoms with Crippen LogP contribution in [0.25, 0.3) is 21.1 Å². The summed E-state index contributed by atoms with van der Waals surface area (Å²) in [5.74, 6) is 0. The van der Waals surface area contributed by atoms with Crippen LogP contribution in [-0.2, 0) is 6.18 Å². The van der Waals surface area contributed by atoms with Gasteiger partial charge in [-0.05, 0) is 18.2 Å². The molecule has 0 amide bonds. The van der Waals surface area contributed by atoms with Gasteiger partial charge in [-0.3, -0.25) is 4.98 Å². The fourth-order valence-corrected chi connectivity index (χ4v) is 2.49. The van der Waals surface area contributed by atoms with Crippen molar-refractivity contribution in [2.45, 2.75) is 6.18 Å². The molecule has 0 unspecified atom stereocenters. The molecule has 3 aromatic rings. The van der Waals surface area contributed by atoms with E-state index in [9.17, 15) is 13.2 Å². The molecule has 2 heterocycles. The quantitative estimate of drug-likeness (QED) is 0.680. The van der Waals surface area contributed by atoms with Crippen molar-refractivity contribution in [3.8, 4) is 0 Å². The molecule has 0 aliphatic rings. The number of benzene rings is 1. The molecule has 18 heavy (non-hydrogen) atoms. The largest absolute Gasteiger partial charge is 0.416 e. The first-order valence-corrected chi connectivity index (χ1v) is 5.79. The lowest BCUT2D eigenvalue weighted by Crippen LogP contribution is -2.04. The van der Waals surface area contributed by atoms with Crippen molar-refractivity contribution in [1.82, 2.24) is 9.97 Å². The van der Waals surface area contributed by atoms with E-state index in [0.29, 0.717) is 16.0 Å². The Bertz CT molecular complexity index is 748. The van der Waals surface area contributed by atoms with Gasteiger partial charge < -0.3 is 5.73 Å². The number of nitrogens with two attached hydrogens (primary N) is 1. The average Bonchev–Trinajstić information content (AvgIpc) is 2.68. The molecule has 0 atom stereocenters. The first-order valence-electron chi connectivity index (χ1n) is 4.97. The summed E-state index contributed by atoms with van der Waals surface area (Å²) in [5.41, 5.74) is 5.72. The van der Waals surface area contributed by atoms with Crippen LogP contribution >= 0.6 is 11.3 Å². The van der Waals surface area contributed by atoms with Crippen molar-refractivity contribution in [2.24, 2.45) is 0 Å². The van der Waals surface area contributed by atoms with Crippen molar-refractivity contribution >= 4 is 37.6 Å². The maximum absolute atomic E-state index is 12.6. The summed E-state index contributed by atoms with van der Waals surface area (Å²) in [6.45, 7) is 0. The van der Waals surface area contributed by atoms with E-state index in [4.69, 9.17) is 5.73 Å². The van der Waals surface area contributed by atoms with E-state index in [1.54, 1.807) is 0 Å². The lowest BCUT2D eigenvalue weighted by atomic mass is 10.1. The van der Waals surface area contributed by atoms with Crippen molar-refractivity contribution < 1.29 is 13.2 Å². The van der Waals surface area contributed by atoms with Gasteiger partial charge in [-0.25, -0.2) is 4.98 Å². The van der Waals surface area contributed by atoms with Crippen molar-refractivity contribution in [3.05, 3.63) is 30.0 Å². The average molecular weight is 269 g/mol. The molecule has 92 valence electrons. The molecule has 0 bridgehead atoms. The molecular weight excluding hydrogens is 263 g/mol. The number of nitrogen functional groups attached to an aromatic ring is 1. The molecule has 0 radical (unpaired) electrons. The number of rotatable bonds is 0. The standard InChI is InChI=1S/C11H6F3N3S/c12-11(13,14)5-1-2-6-7(3-5)16-4-8-9(6)17-10(15)18-8/h1-4H,(H2,15,17). The summed E-state index contributed by atoms with van der Waals surface area (Å²) in [6, 6.07) is 3.43. The van der Waals surface area contributed by atoms with Gasteiger partial charge in [0.1, 0.15) is 0 Å². The Morgan fingerprint density at radius 2 is 2.00 bits per heavy atom. The van der Waals surface area contributed by atoms with Gasteiger partial charge in [0, 0.05) is 11.6 Å². The summed E-state index contributed by atoms with van der Waals surface area (Å²) in [7, 11) is 0. The van der Waals surface area contributed by atoms with Gasteiger partial charge in [0.2, 0.25) is 0 Å². The zero-order valence-corrected chi connectivity index (χ0v) is 9.64. The number of hydrogen-bond acceptors (Lipinski definition) is 4. The molecule has 2 aromatic heterocycles. The van der Waals surface area contributed by atoms with Crippen LogP contribution in [0.15, 0.2) is 24.4 Å². The fourth-order valence-electron chi connectivity index (χ4n) is 1.77. The number of hydrogen-bond donors (Lipinski definition) is 1. The minimum Gasteiger partial charge on any atom is -0.375 e. The van der Waals surface area contributed by atoms with Crippen LogP contribution in [0.1, 0.15) is 5.56 Å². The molecule has 0 aliphatic heterocycles. The normalized spacial score (nSPS) is 12.4. The summed E-state index contributed by atoms with van der Waals surface area (Å²) in [6.07, 6.45) is -2.88. The zero-order valence-electron chi connectivity index (χ0n) is 8.82. The van der Waals surface area contributed by atoms with Gasteiger partial charge in [-0.1, -0.05) is 11.3 Å². The van der Waals surface area contributed by atoms with Crippen LogP contribution in [0.3, 0.4) is 0 Å². The Hall–Kier alpha value is -1.89. The number of alkyl halides is 3. The molecular formula is C11H6F3N3S. The van der Waals surface area contributed by atoms with Crippen LogP contribution in [0, 0.1) is 0 Å². The Morgan fingerprint density at radius 1 is 1.22 bits per heavy atom. The van der Waals surface area contributed by atoms with Crippen LogP contribution in [-0.4, -0.2) is 9.97 Å². The number of thiazole rings is 1. The molecule has 0 saturated heterocycles. The lowest BCUT2D eigenvalue weighted by Gasteiger charge is -2.07. The third kappa shape index (κ3) is 1.67. The van der Waals surface area contributed by atoms with Crippen LogP contribution in [0.4, 0.5) is 18.3 Å². The van der Waals surface area contributed by atoms with Crippen molar-refractivity contribution in [1.29, 1.82) is 0 Å². The van der Waals surface area contributed by atoms with E-state index < -0.39 is 11.7 Å². The van der Waals surface area contributed by atoms with Gasteiger partial charge in [-0.2, -0.15) is 13.2 Å². The van der Waals surface area contributed by atoms with E-state index in [0.717, 1.165) is 16.8 Å². The van der Waals surface area contributed by atoms with E-state index in [1.165, 1.54) is 23.6 Å². The van der Waals surface area contributed by atoms with Gasteiger partial charge in [0.05, 0.1) is 21.3 Å². The predicted molar refractivity (Wildman–Crippen MR) is 64.3 cm³/mol. The summed E-state index contributed by atoms with van der Waals surface area (Å²) in [4.78, 5) is 8.12. The number of pyridine rings is 1. The number of aromatic nitrogens is 2. The van der Waals surface area contributed by atoms with Crippen LogP contribution < -0.4 is 5.73 Å². The molecule has 0 fully saturated rings. The highest BCUT2D eigenvalue weighted by Crippen LogP contribution is 2.34. The third-order valence-electron chi connectivity index (χ3n) is 2.57. The number of anilines is 1. The summed E-state index contributed by atoms with van der Waals surface area (Å²) in [5, 5.41) is 0.952. The minimum absolute atomic E-state index is 0.266. The van der Waals surface area contributed by atoms with Crippen LogP contribution in [0.5, 0.6) is 0 Å². The first-order chi connectivity index (χ1) is 8.45. The minimum atomic E-state index is -4.37. The lowest BCUT2D eigenvalue weighted by molar-refractivity contribution is -0.137. The number of halogens is 3. The van der Waals surface area contributed by atoms with E-state index in [-0.39, 0.29) is 5.52 Å². The smallest absolute Gasteiger partial charge is 0.375 e. The third-order valence-corrected chi connectivity index (χ3v) is 3.39. The SMILES string of the molecule is Nc1nc2c(cnc3cc(C(F)(F)F)ccc32)s1. The molecule has 3 nitrogen and oxygen atoms in total. The molecule has 0 saturated carbocycles. The first kappa shape index (κ1) is 11.2. The second-order valence-corrected chi connectivity index (χ2v) is 4.82. The zero-order chi connectivity index (χ0) is 12.9. The highest BCUT2D eigenvalue weighted by Gasteiger charge is 2.30. The van der Waals surface area contributed by atoms with Gasteiger partial charge >= 0.3 is 6.18 Å². The van der Waals surface area contributed by atoms with Crippen molar-refractivity contribution in [2.75, 3.05) is 5.73 Å². The van der Waals surface area contributed by atoms with E-state index >= 15 is 0 Å². The van der Waals surface area contributed by atoms with E-state index in [2.05, 4.69) is 9.97 Å². The second-order valence-electron chi connectivity index (χ2n) is 3.75. The molecule has 0 aliphatic carbocycles. The topological polar surface area (TPSA) is 51.8 Å². The predicted octanol–water partition coefficient (Wildman–Crippen LogP) is 3.45. The molecule has 3 rings (SSSR count). The second kappa shape index (κ2) is 3.55. The number of fused-ring (bicyclic) bond motifs is 3. The van der Waals surface area contributed by atoms with Crippen LogP contribution in [0.2, 0.25) is 0 Å². The van der Waals surface area contributed by atoms with Gasteiger partial charge in [0.25, 0.3) is 0 Å². The summed E-state index contributed by atoms with van der Waals surface area (Å²) >= 11 is 1.26. The molecule has 1 aromatic carbocycles. The number of nitrogens with zero attached hydrogens (tertiary/aromatic N) is 2. The van der Waals surface area contributed by atoms with Gasteiger partial charge in [0.15, 0.2) is 5.13 Å². The maximum atomic E-state index is 12.6. The Labute approximate surface area is 103 Å². The maximum Gasteiger partial charge on any atom is 0.416 e. The highest BCUT2D eigenvalue weighted by molar-refractivity contribution is 7.22. The Morgan fingerprint density at radius 3 is 2.72 bits per heavy atom. The molecule has 0 spiro atoms. The Kier molecular flexibility index (Phi) is 2.21. The molecule has 7 heteroatoms. The molecule has 2 N–H and O–H groups in total. The van der Waals surface area contributed by atoms with Crippen molar-refractivity contribution in [3.63, 3.8) is 0 Å². The summed E-state index contributed by atoms with van der Waals surface area (Å²) < 4.78 is 38.5. The monoisotopic (exact) mass is 269 g/mol. The van der Waals surface area contributed by atoms with E-state index in [1.807, 2.05) is 0 Å². The highest BCUT2D eigenvalue weighted by atomic mass is 32.1. The van der Waals surface area contributed by atoms with Gasteiger partial charge in [-0.15, -0.1) is 0 Å².